The molecule has 0 unspecified atom stereocenters. The predicted octanol–water partition coefficient (Wildman–Crippen LogP) is 0.593. The topological polar surface area (TPSA) is 92.5 Å². The quantitative estimate of drug-likeness (QED) is 0.554. The summed E-state index contributed by atoms with van der Waals surface area (Å²) in [6, 6.07) is 0. The van der Waals surface area contributed by atoms with Crippen LogP contribution in [0.3, 0.4) is 0 Å². The van der Waals surface area contributed by atoms with Gasteiger partial charge in [0.2, 0.25) is 0 Å². The van der Waals surface area contributed by atoms with E-state index in [-0.39, 0.29) is 0 Å². The maximum Gasteiger partial charge on any atom is 0.481 e. The van der Waals surface area contributed by atoms with Crippen LogP contribution in [0.5, 0.6) is 0 Å². The second kappa shape index (κ2) is 3.97. The molecule has 0 atom stereocenters. The van der Waals surface area contributed by atoms with Gasteiger partial charge in [-0.1, -0.05) is 0 Å². The fourth-order valence-electron chi connectivity index (χ4n) is 0.415. The van der Waals surface area contributed by atoms with Gasteiger partial charge in [-0.05, 0) is 0 Å². The number of phosphoric acid groups is 1. The van der Waals surface area contributed by atoms with E-state index in [4.69, 9.17) is 9.79 Å². The fraction of sp³-hybridized carbons (Fsp3) is 0. The monoisotopic (exact) mass is 208 g/mol. The SMILES string of the molecule is O=P(O)(O)OSc1cnccn1. The highest BCUT2D eigenvalue weighted by Crippen LogP contribution is 2.42. The summed E-state index contributed by atoms with van der Waals surface area (Å²) >= 11 is 0.491. The lowest BCUT2D eigenvalue weighted by Gasteiger charge is -2.00. The Hall–Kier alpha value is -0.460. The van der Waals surface area contributed by atoms with E-state index in [2.05, 4.69) is 13.9 Å². The van der Waals surface area contributed by atoms with Crippen molar-refractivity contribution in [1.29, 1.82) is 0 Å². The smallest absolute Gasteiger partial charge is 0.302 e. The molecule has 1 heterocycles. The highest BCUT2D eigenvalue weighted by molar-refractivity contribution is 7.97. The van der Waals surface area contributed by atoms with Crippen LogP contribution in [0.4, 0.5) is 0 Å². The maximum absolute atomic E-state index is 10.2. The van der Waals surface area contributed by atoms with Crippen LogP contribution in [0.1, 0.15) is 0 Å². The summed E-state index contributed by atoms with van der Waals surface area (Å²) in [6.45, 7) is 0. The summed E-state index contributed by atoms with van der Waals surface area (Å²) in [5.74, 6) is 0. The zero-order chi connectivity index (χ0) is 9.03. The minimum absolute atomic E-state index is 0.292. The van der Waals surface area contributed by atoms with E-state index < -0.39 is 7.82 Å². The average Bonchev–Trinajstić information content (AvgIpc) is 2.02. The predicted molar refractivity (Wildman–Crippen MR) is 41.0 cm³/mol. The van der Waals surface area contributed by atoms with Crippen LogP contribution in [0.15, 0.2) is 23.6 Å². The fourth-order valence-corrected chi connectivity index (χ4v) is 1.32. The lowest BCUT2D eigenvalue weighted by Crippen LogP contribution is -1.82. The molecule has 0 radical (unpaired) electrons. The van der Waals surface area contributed by atoms with Crippen LogP contribution >= 0.6 is 19.9 Å². The molecule has 2 N–H and O–H groups in total. The van der Waals surface area contributed by atoms with Gasteiger partial charge in [0, 0.05) is 12.4 Å². The van der Waals surface area contributed by atoms with Gasteiger partial charge in [-0.2, -0.15) is 0 Å². The molecule has 0 spiro atoms. The first-order valence-corrected chi connectivity index (χ1v) is 5.03. The third-order valence-electron chi connectivity index (χ3n) is 0.759. The van der Waals surface area contributed by atoms with Crippen LogP contribution in [-0.4, -0.2) is 19.8 Å². The normalized spacial score (nSPS) is 11.5. The van der Waals surface area contributed by atoms with E-state index in [1.807, 2.05) is 0 Å². The molecule has 0 fully saturated rings. The zero-order valence-electron chi connectivity index (χ0n) is 5.69. The minimum atomic E-state index is -4.44. The van der Waals surface area contributed by atoms with Crippen molar-refractivity contribution < 1.29 is 18.3 Å². The van der Waals surface area contributed by atoms with Crippen LogP contribution in [0.2, 0.25) is 0 Å². The molecule has 0 aliphatic heterocycles. The van der Waals surface area contributed by atoms with E-state index >= 15 is 0 Å². The van der Waals surface area contributed by atoms with Crippen LogP contribution in [-0.2, 0) is 8.54 Å². The number of nitrogens with zero attached hydrogens (tertiary/aromatic N) is 2. The van der Waals surface area contributed by atoms with E-state index in [0.717, 1.165) is 0 Å². The molecule has 0 saturated carbocycles. The number of rotatable bonds is 3. The number of hydrogen-bond donors (Lipinski definition) is 2. The summed E-state index contributed by atoms with van der Waals surface area (Å²) in [5, 5.41) is 0.292. The number of aromatic nitrogens is 2. The van der Waals surface area contributed by atoms with Gasteiger partial charge >= 0.3 is 7.82 Å². The van der Waals surface area contributed by atoms with E-state index in [9.17, 15) is 4.57 Å². The van der Waals surface area contributed by atoms with Gasteiger partial charge in [0.1, 0.15) is 5.03 Å². The van der Waals surface area contributed by atoms with Gasteiger partial charge in [-0.25, -0.2) is 13.5 Å². The molecule has 1 rings (SSSR count). The van der Waals surface area contributed by atoms with Crippen molar-refractivity contribution in [2.24, 2.45) is 0 Å². The zero-order valence-corrected chi connectivity index (χ0v) is 7.40. The lowest BCUT2D eigenvalue weighted by atomic mass is 10.8. The lowest BCUT2D eigenvalue weighted by molar-refractivity contribution is 0.298. The molecule has 0 aliphatic rings. The van der Waals surface area contributed by atoms with Crippen molar-refractivity contribution in [2.75, 3.05) is 0 Å². The first kappa shape index (κ1) is 9.63. The van der Waals surface area contributed by atoms with Gasteiger partial charge in [0.25, 0.3) is 0 Å². The Morgan fingerprint density at radius 1 is 1.50 bits per heavy atom. The van der Waals surface area contributed by atoms with Crippen LogP contribution in [0.25, 0.3) is 0 Å². The molecule has 6 nitrogen and oxygen atoms in total. The third-order valence-corrected chi connectivity index (χ3v) is 2.22. The highest BCUT2D eigenvalue weighted by Gasteiger charge is 2.15. The Morgan fingerprint density at radius 2 is 2.25 bits per heavy atom. The van der Waals surface area contributed by atoms with E-state index in [0.29, 0.717) is 17.1 Å². The first-order chi connectivity index (χ1) is 5.58. The summed E-state index contributed by atoms with van der Waals surface area (Å²) in [4.78, 5) is 24.0. The molecule has 8 heteroatoms. The standard InChI is InChI=1S/C4H5N2O4PS/c7-11(8,9)10-12-4-3-5-1-2-6-4/h1-3H,(H2,7,8,9). The molecule has 0 amide bonds. The average molecular weight is 208 g/mol. The van der Waals surface area contributed by atoms with Crippen molar-refractivity contribution in [3.05, 3.63) is 18.6 Å². The van der Waals surface area contributed by atoms with Gasteiger partial charge in [0.15, 0.2) is 0 Å². The van der Waals surface area contributed by atoms with Crippen LogP contribution in [0, 0.1) is 0 Å². The Balaban J connectivity index is 2.50. The number of hydrogen-bond acceptors (Lipinski definition) is 5. The second-order valence-electron chi connectivity index (χ2n) is 1.69. The Kier molecular flexibility index (Phi) is 3.19. The van der Waals surface area contributed by atoms with Crippen molar-refractivity contribution in [2.45, 2.75) is 5.03 Å². The largest absolute Gasteiger partial charge is 0.481 e. The third kappa shape index (κ3) is 3.80. The minimum Gasteiger partial charge on any atom is -0.302 e. The Bertz CT molecular complexity index is 288. The molecule has 66 valence electrons. The highest BCUT2D eigenvalue weighted by atomic mass is 32.2. The van der Waals surface area contributed by atoms with E-state index in [1.54, 1.807) is 0 Å². The van der Waals surface area contributed by atoms with Gasteiger partial charge in [-0.15, -0.1) is 0 Å². The van der Waals surface area contributed by atoms with Gasteiger partial charge < -0.3 is 9.79 Å². The molecule has 12 heavy (non-hydrogen) atoms. The van der Waals surface area contributed by atoms with Crippen molar-refractivity contribution in [3.63, 3.8) is 0 Å². The van der Waals surface area contributed by atoms with Crippen molar-refractivity contribution >= 4 is 19.9 Å². The Morgan fingerprint density at radius 3 is 2.75 bits per heavy atom. The summed E-state index contributed by atoms with van der Waals surface area (Å²) < 4.78 is 14.3. The molecule has 1 aromatic rings. The van der Waals surface area contributed by atoms with Gasteiger partial charge in [0.05, 0.1) is 18.2 Å². The van der Waals surface area contributed by atoms with E-state index in [1.165, 1.54) is 18.6 Å². The van der Waals surface area contributed by atoms with Crippen molar-refractivity contribution in [3.8, 4) is 0 Å². The summed E-state index contributed by atoms with van der Waals surface area (Å²) in [5.41, 5.74) is 0. The molecule has 0 aromatic carbocycles. The Labute approximate surface area is 72.5 Å². The molecular weight excluding hydrogens is 203 g/mol. The molecular formula is C4H5N2O4PS. The summed E-state index contributed by atoms with van der Waals surface area (Å²) in [6.07, 6.45) is 4.17. The molecule has 0 saturated heterocycles. The molecule has 0 bridgehead atoms. The van der Waals surface area contributed by atoms with Crippen molar-refractivity contribution in [1.82, 2.24) is 9.97 Å². The van der Waals surface area contributed by atoms with Crippen LogP contribution < -0.4 is 0 Å². The summed E-state index contributed by atoms with van der Waals surface area (Å²) in [7, 11) is -4.44. The maximum atomic E-state index is 10.2. The first-order valence-electron chi connectivity index (χ1n) is 2.76. The second-order valence-corrected chi connectivity index (χ2v) is 3.85. The van der Waals surface area contributed by atoms with Gasteiger partial charge in [-0.3, -0.25) is 4.98 Å². The molecule has 0 aliphatic carbocycles. The molecule has 1 aromatic heterocycles.